The van der Waals surface area contributed by atoms with Gasteiger partial charge in [-0.2, -0.15) is 0 Å². The second-order valence-electron chi connectivity index (χ2n) is 6.76. The first-order valence-corrected chi connectivity index (χ1v) is 9.73. The molecule has 0 aromatic heterocycles. The maximum absolute atomic E-state index is 12.7. The molecule has 8 heteroatoms. The van der Waals surface area contributed by atoms with Gasteiger partial charge in [-0.05, 0) is 48.4 Å². The number of nitrogens with zero attached hydrogens (tertiary/aromatic N) is 1. The fraction of sp³-hybridized carbons (Fsp3) is 0.130. The Bertz CT molecular complexity index is 1080. The van der Waals surface area contributed by atoms with Crippen molar-refractivity contribution in [3.05, 3.63) is 94.0 Å². The van der Waals surface area contributed by atoms with Crippen molar-refractivity contribution in [1.29, 1.82) is 0 Å². The summed E-state index contributed by atoms with van der Waals surface area (Å²) in [6.07, 6.45) is 0.920. The van der Waals surface area contributed by atoms with E-state index in [1.54, 1.807) is 24.3 Å². The molecular weight excluding hydrogens is 396 g/mol. The van der Waals surface area contributed by atoms with Gasteiger partial charge < -0.3 is 16.0 Å². The number of benzene rings is 3. The molecule has 3 N–H and O–H groups in total. The van der Waals surface area contributed by atoms with Crippen molar-refractivity contribution in [2.45, 2.75) is 13.3 Å². The molecule has 0 bridgehead atoms. The lowest BCUT2D eigenvalue weighted by Crippen LogP contribution is -2.23. The molecule has 158 valence electrons. The maximum Gasteiger partial charge on any atom is 0.269 e. The maximum atomic E-state index is 12.7. The zero-order valence-corrected chi connectivity index (χ0v) is 16.9. The number of nitro groups is 1. The quantitative estimate of drug-likeness (QED) is 0.369. The number of carbonyl (C=O) groups excluding carboxylic acids is 2. The van der Waals surface area contributed by atoms with Gasteiger partial charge in [0.15, 0.2) is 0 Å². The van der Waals surface area contributed by atoms with E-state index in [1.165, 1.54) is 29.8 Å². The fourth-order valence-corrected chi connectivity index (χ4v) is 2.90. The SMILES string of the molecule is CCc1ccc(NC(=O)c2ccccc2NCC(=O)Nc2ccc([N+](=O)[O-])cc2)cc1. The number of para-hydroxylation sites is 1. The Hall–Kier alpha value is -4.20. The van der Waals surface area contributed by atoms with Crippen LogP contribution in [0.2, 0.25) is 0 Å². The molecule has 3 aromatic rings. The van der Waals surface area contributed by atoms with Crippen LogP contribution < -0.4 is 16.0 Å². The van der Waals surface area contributed by atoms with Gasteiger partial charge in [-0.25, -0.2) is 0 Å². The summed E-state index contributed by atoms with van der Waals surface area (Å²) in [5.74, 6) is -0.637. The van der Waals surface area contributed by atoms with Crippen molar-refractivity contribution >= 4 is 34.6 Å². The largest absolute Gasteiger partial charge is 0.376 e. The summed E-state index contributed by atoms with van der Waals surface area (Å²) in [6, 6.07) is 20.1. The van der Waals surface area contributed by atoms with Crippen LogP contribution in [0.4, 0.5) is 22.7 Å². The van der Waals surface area contributed by atoms with Gasteiger partial charge in [0.2, 0.25) is 5.91 Å². The van der Waals surface area contributed by atoms with Crippen molar-refractivity contribution in [2.75, 3.05) is 22.5 Å². The Balaban J connectivity index is 1.61. The van der Waals surface area contributed by atoms with E-state index in [0.29, 0.717) is 22.6 Å². The number of nitrogens with one attached hydrogen (secondary N) is 3. The summed E-state index contributed by atoms with van der Waals surface area (Å²) < 4.78 is 0. The molecule has 3 rings (SSSR count). The average Bonchev–Trinajstić information content (AvgIpc) is 2.78. The zero-order valence-electron chi connectivity index (χ0n) is 16.9. The summed E-state index contributed by atoms with van der Waals surface area (Å²) >= 11 is 0. The highest BCUT2D eigenvalue weighted by Crippen LogP contribution is 2.19. The highest BCUT2D eigenvalue weighted by atomic mass is 16.6. The molecule has 0 unspecified atom stereocenters. The first-order valence-electron chi connectivity index (χ1n) is 9.73. The normalized spacial score (nSPS) is 10.2. The van der Waals surface area contributed by atoms with E-state index in [1.807, 2.05) is 24.3 Å². The molecule has 0 saturated heterocycles. The monoisotopic (exact) mass is 418 g/mol. The number of rotatable bonds is 8. The fourth-order valence-electron chi connectivity index (χ4n) is 2.90. The van der Waals surface area contributed by atoms with Crippen LogP contribution in [0.15, 0.2) is 72.8 Å². The third kappa shape index (κ3) is 5.89. The van der Waals surface area contributed by atoms with Crippen LogP contribution in [-0.4, -0.2) is 23.3 Å². The second-order valence-corrected chi connectivity index (χ2v) is 6.76. The number of nitro benzene ring substituents is 1. The van der Waals surface area contributed by atoms with Crippen molar-refractivity contribution in [3.8, 4) is 0 Å². The molecule has 0 atom stereocenters. The number of aryl methyl sites for hydroxylation is 1. The van der Waals surface area contributed by atoms with Crippen molar-refractivity contribution in [1.82, 2.24) is 0 Å². The smallest absolute Gasteiger partial charge is 0.269 e. The minimum Gasteiger partial charge on any atom is -0.376 e. The van der Waals surface area contributed by atoms with Crippen LogP contribution in [-0.2, 0) is 11.2 Å². The summed E-state index contributed by atoms with van der Waals surface area (Å²) in [6.45, 7) is 1.99. The Kier molecular flexibility index (Phi) is 6.95. The van der Waals surface area contributed by atoms with Crippen LogP contribution in [0.1, 0.15) is 22.8 Å². The second kappa shape index (κ2) is 10.0. The van der Waals surface area contributed by atoms with Gasteiger partial charge in [0, 0.05) is 29.2 Å². The number of amides is 2. The molecule has 0 aliphatic rings. The number of anilines is 3. The van der Waals surface area contributed by atoms with Crippen molar-refractivity contribution < 1.29 is 14.5 Å². The third-order valence-electron chi connectivity index (χ3n) is 4.59. The van der Waals surface area contributed by atoms with Gasteiger partial charge in [0.05, 0.1) is 17.0 Å². The van der Waals surface area contributed by atoms with Gasteiger partial charge in [0.25, 0.3) is 11.6 Å². The van der Waals surface area contributed by atoms with Crippen molar-refractivity contribution in [3.63, 3.8) is 0 Å². The summed E-state index contributed by atoms with van der Waals surface area (Å²) in [5, 5.41) is 19.2. The number of hydrogen-bond acceptors (Lipinski definition) is 5. The van der Waals surface area contributed by atoms with Gasteiger partial charge in [-0.3, -0.25) is 19.7 Å². The Labute approximate surface area is 179 Å². The highest BCUT2D eigenvalue weighted by Gasteiger charge is 2.13. The molecule has 0 fully saturated rings. The zero-order chi connectivity index (χ0) is 22.2. The van der Waals surface area contributed by atoms with Gasteiger partial charge >= 0.3 is 0 Å². The molecule has 2 amide bonds. The van der Waals surface area contributed by atoms with Crippen LogP contribution in [0, 0.1) is 10.1 Å². The minimum atomic E-state index is -0.507. The Morgan fingerprint density at radius 2 is 1.48 bits per heavy atom. The standard InChI is InChI=1S/C23H22N4O4/c1-2-16-7-9-18(10-8-16)26-23(29)20-5-3-4-6-21(20)24-15-22(28)25-17-11-13-19(14-12-17)27(30)31/h3-14,24H,2,15H2,1H3,(H,25,28)(H,26,29). The van der Waals surface area contributed by atoms with Gasteiger partial charge in [-0.15, -0.1) is 0 Å². The topological polar surface area (TPSA) is 113 Å². The number of carbonyl (C=O) groups is 2. The van der Waals surface area contributed by atoms with Gasteiger partial charge in [-0.1, -0.05) is 31.2 Å². The molecule has 0 saturated carbocycles. The first-order chi connectivity index (χ1) is 15.0. The summed E-state index contributed by atoms with van der Waals surface area (Å²) in [7, 11) is 0. The molecule has 0 aliphatic heterocycles. The molecule has 31 heavy (non-hydrogen) atoms. The predicted octanol–water partition coefficient (Wildman–Crippen LogP) is 4.46. The lowest BCUT2D eigenvalue weighted by atomic mass is 10.1. The molecular formula is C23H22N4O4. The molecule has 3 aromatic carbocycles. The lowest BCUT2D eigenvalue weighted by molar-refractivity contribution is -0.384. The third-order valence-corrected chi connectivity index (χ3v) is 4.59. The van der Waals surface area contributed by atoms with Crippen LogP contribution >= 0.6 is 0 Å². The number of hydrogen-bond donors (Lipinski definition) is 3. The minimum absolute atomic E-state index is 0.0552. The Morgan fingerprint density at radius 3 is 2.13 bits per heavy atom. The molecule has 0 spiro atoms. The molecule has 0 aliphatic carbocycles. The van der Waals surface area contributed by atoms with Crippen LogP contribution in [0.5, 0.6) is 0 Å². The van der Waals surface area contributed by atoms with E-state index in [2.05, 4.69) is 22.9 Å². The average molecular weight is 418 g/mol. The molecule has 0 heterocycles. The predicted molar refractivity (Wildman–Crippen MR) is 120 cm³/mol. The molecule has 8 nitrogen and oxygen atoms in total. The van der Waals surface area contributed by atoms with E-state index in [4.69, 9.17) is 0 Å². The van der Waals surface area contributed by atoms with Crippen LogP contribution in [0.3, 0.4) is 0 Å². The lowest BCUT2D eigenvalue weighted by Gasteiger charge is -2.13. The van der Waals surface area contributed by atoms with E-state index >= 15 is 0 Å². The van der Waals surface area contributed by atoms with E-state index in [0.717, 1.165) is 6.42 Å². The van der Waals surface area contributed by atoms with Crippen molar-refractivity contribution in [2.24, 2.45) is 0 Å². The van der Waals surface area contributed by atoms with E-state index in [9.17, 15) is 19.7 Å². The molecule has 0 radical (unpaired) electrons. The number of non-ortho nitro benzene ring substituents is 1. The van der Waals surface area contributed by atoms with Gasteiger partial charge in [0.1, 0.15) is 0 Å². The van der Waals surface area contributed by atoms with E-state index in [-0.39, 0.29) is 24.0 Å². The van der Waals surface area contributed by atoms with E-state index < -0.39 is 4.92 Å². The summed E-state index contributed by atoms with van der Waals surface area (Å²) in [5.41, 5.74) is 3.18. The Morgan fingerprint density at radius 1 is 0.871 bits per heavy atom. The van der Waals surface area contributed by atoms with Crippen LogP contribution in [0.25, 0.3) is 0 Å². The highest BCUT2D eigenvalue weighted by molar-refractivity contribution is 6.08. The first kappa shape index (κ1) is 21.5. The summed E-state index contributed by atoms with van der Waals surface area (Å²) in [4.78, 5) is 35.1.